The maximum Gasteiger partial charge on any atom is 0.276 e. The van der Waals surface area contributed by atoms with Crippen LogP contribution in [0.15, 0.2) is 12.3 Å². The van der Waals surface area contributed by atoms with Gasteiger partial charge in [-0.05, 0) is 32.4 Å². The van der Waals surface area contributed by atoms with E-state index in [0.717, 1.165) is 5.56 Å². The second kappa shape index (κ2) is 5.50. The Balaban J connectivity index is 2.30. The van der Waals surface area contributed by atoms with Crippen molar-refractivity contribution < 1.29 is 4.79 Å². The van der Waals surface area contributed by atoms with Crippen LogP contribution in [-0.4, -0.2) is 20.7 Å². The third kappa shape index (κ3) is 2.60. The fourth-order valence-corrected chi connectivity index (χ4v) is 1.98. The molecule has 0 unspecified atom stereocenters. The number of carbonyl (C=O) groups excluding carboxylic acids is 1. The smallest absolute Gasteiger partial charge is 0.276 e. The van der Waals surface area contributed by atoms with Crippen LogP contribution in [0.5, 0.6) is 0 Å². The second-order valence-electron chi connectivity index (χ2n) is 4.45. The summed E-state index contributed by atoms with van der Waals surface area (Å²) < 4.78 is 1.58. The zero-order chi connectivity index (χ0) is 14.9. The molecule has 3 N–H and O–H groups in total. The zero-order valence-electron chi connectivity index (χ0n) is 11.6. The summed E-state index contributed by atoms with van der Waals surface area (Å²) in [6.45, 7) is 6.06. The van der Waals surface area contributed by atoms with Gasteiger partial charge >= 0.3 is 0 Å². The van der Waals surface area contributed by atoms with E-state index in [4.69, 9.17) is 17.3 Å². The Bertz CT molecular complexity index is 665. The van der Waals surface area contributed by atoms with Crippen molar-refractivity contribution in [1.29, 1.82) is 0 Å². The summed E-state index contributed by atoms with van der Waals surface area (Å²) in [5.74, 6) is -0.312. The maximum absolute atomic E-state index is 12.3. The zero-order valence-corrected chi connectivity index (χ0v) is 12.3. The minimum Gasteiger partial charge on any atom is -0.395 e. The molecule has 0 saturated carbocycles. The van der Waals surface area contributed by atoms with Crippen LogP contribution in [0.25, 0.3) is 0 Å². The molecule has 0 fully saturated rings. The van der Waals surface area contributed by atoms with Crippen molar-refractivity contribution in [2.45, 2.75) is 27.3 Å². The Morgan fingerprint density at radius 2 is 2.20 bits per heavy atom. The molecule has 0 aliphatic carbocycles. The van der Waals surface area contributed by atoms with Gasteiger partial charge in [0.25, 0.3) is 5.91 Å². The molecule has 0 aliphatic heterocycles. The minimum absolute atomic E-state index is 0.312. The van der Waals surface area contributed by atoms with Gasteiger partial charge in [-0.2, -0.15) is 5.10 Å². The van der Waals surface area contributed by atoms with Gasteiger partial charge in [0.15, 0.2) is 0 Å². The quantitative estimate of drug-likeness (QED) is 0.851. The Hall–Kier alpha value is -2.08. The molecule has 2 heterocycles. The lowest BCUT2D eigenvalue weighted by atomic mass is 10.2. The number of nitrogens with two attached hydrogens (primary N) is 1. The molecule has 0 aromatic carbocycles. The molecule has 1 amide bonds. The number of aryl methyl sites for hydroxylation is 3. The number of halogens is 1. The number of aromatic nitrogens is 3. The monoisotopic (exact) mass is 293 g/mol. The lowest BCUT2D eigenvalue weighted by Crippen LogP contribution is -2.19. The third-order valence-electron chi connectivity index (χ3n) is 2.96. The third-order valence-corrected chi connectivity index (χ3v) is 3.36. The number of hydrogen-bond donors (Lipinski definition) is 2. The van der Waals surface area contributed by atoms with Crippen molar-refractivity contribution in [3.05, 3.63) is 34.4 Å². The maximum atomic E-state index is 12.3. The summed E-state index contributed by atoms with van der Waals surface area (Å²) in [5, 5.41) is 7.39. The molecule has 0 atom stereocenters. The second-order valence-corrected chi connectivity index (χ2v) is 4.81. The van der Waals surface area contributed by atoms with Crippen molar-refractivity contribution in [3.63, 3.8) is 0 Å². The van der Waals surface area contributed by atoms with Crippen molar-refractivity contribution in [3.8, 4) is 0 Å². The van der Waals surface area contributed by atoms with E-state index in [9.17, 15) is 4.79 Å². The van der Waals surface area contributed by atoms with Gasteiger partial charge in [-0.15, -0.1) is 0 Å². The first-order valence-corrected chi connectivity index (χ1v) is 6.58. The Kier molecular flexibility index (Phi) is 3.94. The molecule has 2 rings (SSSR count). The van der Waals surface area contributed by atoms with Crippen LogP contribution >= 0.6 is 11.6 Å². The van der Waals surface area contributed by atoms with Crippen molar-refractivity contribution >= 4 is 28.9 Å². The number of pyridine rings is 1. The molecule has 0 bridgehead atoms. The molecule has 2 aromatic heterocycles. The number of nitrogens with one attached hydrogen (secondary N) is 1. The average molecular weight is 294 g/mol. The predicted molar refractivity (Wildman–Crippen MR) is 79.0 cm³/mol. The van der Waals surface area contributed by atoms with Gasteiger partial charge in [0, 0.05) is 6.54 Å². The van der Waals surface area contributed by atoms with E-state index in [1.165, 1.54) is 6.20 Å². The summed E-state index contributed by atoms with van der Waals surface area (Å²) in [6.07, 6.45) is 1.50. The van der Waals surface area contributed by atoms with Gasteiger partial charge in [-0.3, -0.25) is 9.48 Å². The Morgan fingerprint density at radius 3 is 2.80 bits per heavy atom. The highest BCUT2D eigenvalue weighted by Crippen LogP contribution is 2.20. The van der Waals surface area contributed by atoms with E-state index >= 15 is 0 Å². The van der Waals surface area contributed by atoms with Crippen LogP contribution in [-0.2, 0) is 6.54 Å². The number of rotatable bonds is 3. The van der Waals surface area contributed by atoms with E-state index in [2.05, 4.69) is 15.4 Å². The molecule has 0 spiro atoms. The van der Waals surface area contributed by atoms with E-state index in [1.807, 2.05) is 13.8 Å². The average Bonchev–Trinajstić information content (AvgIpc) is 2.69. The standard InChI is InChI=1S/C13H16ClN5O/c1-4-19-11(10(15)8(3)18-19)13(20)17-9-5-7(2)12(14)16-6-9/h5-6H,4,15H2,1-3H3,(H,17,20). The van der Waals surface area contributed by atoms with Crippen LogP contribution in [0, 0.1) is 13.8 Å². The SMILES string of the molecule is CCn1nc(C)c(N)c1C(=O)Nc1cnc(Cl)c(C)c1. The largest absolute Gasteiger partial charge is 0.395 e. The topological polar surface area (TPSA) is 85.8 Å². The van der Waals surface area contributed by atoms with Gasteiger partial charge in [-0.1, -0.05) is 11.6 Å². The van der Waals surface area contributed by atoms with Crippen LogP contribution in [0.2, 0.25) is 5.15 Å². The number of hydrogen-bond acceptors (Lipinski definition) is 4. The van der Waals surface area contributed by atoms with Gasteiger partial charge in [0.1, 0.15) is 10.8 Å². The molecule has 20 heavy (non-hydrogen) atoms. The summed E-state index contributed by atoms with van der Waals surface area (Å²) in [7, 11) is 0. The number of nitrogen functional groups attached to an aromatic ring is 1. The first-order chi connectivity index (χ1) is 9.43. The van der Waals surface area contributed by atoms with Gasteiger partial charge < -0.3 is 11.1 Å². The fraction of sp³-hybridized carbons (Fsp3) is 0.308. The number of nitrogens with zero attached hydrogens (tertiary/aromatic N) is 3. The molecule has 7 heteroatoms. The van der Waals surface area contributed by atoms with E-state index < -0.39 is 0 Å². The van der Waals surface area contributed by atoms with E-state index in [0.29, 0.717) is 34.5 Å². The molecular formula is C13H16ClN5O. The molecule has 0 saturated heterocycles. The van der Waals surface area contributed by atoms with Crippen LogP contribution in [0.1, 0.15) is 28.7 Å². The number of anilines is 2. The molecule has 0 radical (unpaired) electrons. The van der Waals surface area contributed by atoms with Gasteiger partial charge in [-0.25, -0.2) is 4.98 Å². The highest BCUT2D eigenvalue weighted by Gasteiger charge is 2.19. The first-order valence-electron chi connectivity index (χ1n) is 6.20. The van der Waals surface area contributed by atoms with Crippen molar-refractivity contribution in [2.75, 3.05) is 11.1 Å². The molecule has 0 aliphatic rings. The van der Waals surface area contributed by atoms with Gasteiger partial charge in [0.2, 0.25) is 0 Å². The van der Waals surface area contributed by atoms with Crippen LogP contribution < -0.4 is 11.1 Å². The lowest BCUT2D eigenvalue weighted by Gasteiger charge is -2.08. The molecule has 106 valence electrons. The van der Waals surface area contributed by atoms with Crippen LogP contribution in [0.4, 0.5) is 11.4 Å². The highest BCUT2D eigenvalue weighted by molar-refractivity contribution is 6.30. The Morgan fingerprint density at radius 1 is 1.50 bits per heavy atom. The van der Waals surface area contributed by atoms with Crippen molar-refractivity contribution in [1.82, 2.24) is 14.8 Å². The molecule has 6 nitrogen and oxygen atoms in total. The first kappa shape index (κ1) is 14.3. The predicted octanol–water partition coefficient (Wildman–Crippen LogP) is 2.40. The number of carbonyl (C=O) groups is 1. The van der Waals surface area contributed by atoms with Gasteiger partial charge in [0.05, 0.1) is 23.3 Å². The van der Waals surface area contributed by atoms with Crippen LogP contribution in [0.3, 0.4) is 0 Å². The lowest BCUT2D eigenvalue weighted by molar-refractivity contribution is 0.101. The molecule has 2 aromatic rings. The van der Waals surface area contributed by atoms with Crippen molar-refractivity contribution in [2.24, 2.45) is 0 Å². The minimum atomic E-state index is -0.312. The summed E-state index contributed by atoms with van der Waals surface area (Å²) in [6, 6.07) is 1.75. The summed E-state index contributed by atoms with van der Waals surface area (Å²) >= 11 is 5.85. The van der Waals surface area contributed by atoms with E-state index in [-0.39, 0.29) is 5.91 Å². The Labute approximate surface area is 121 Å². The van der Waals surface area contributed by atoms with E-state index in [1.54, 1.807) is 17.7 Å². The normalized spacial score (nSPS) is 10.6. The summed E-state index contributed by atoms with van der Waals surface area (Å²) in [5.41, 5.74) is 8.66. The summed E-state index contributed by atoms with van der Waals surface area (Å²) in [4.78, 5) is 16.3. The number of amides is 1. The fourth-order valence-electron chi connectivity index (χ4n) is 1.88. The molecular weight excluding hydrogens is 278 g/mol. The highest BCUT2D eigenvalue weighted by atomic mass is 35.5.